The van der Waals surface area contributed by atoms with Crippen LogP contribution in [0.2, 0.25) is 0 Å². The van der Waals surface area contributed by atoms with Gasteiger partial charge in [-0.2, -0.15) is 0 Å². The normalized spacial score (nSPS) is 13.8. The van der Waals surface area contributed by atoms with E-state index in [9.17, 15) is 4.39 Å². The highest BCUT2D eigenvalue weighted by molar-refractivity contribution is 9.10. The third-order valence-corrected chi connectivity index (χ3v) is 2.33. The van der Waals surface area contributed by atoms with E-state index < -0.39 is 0 Å². The Morgan fingerprint density at radius 1 is 1.42 bits per heavy atom. The Balaban J connectivity index is 2.67. The molecule has 0 saturated carbocycles. The number of ether oxygens (including phenoxy) is 1. The first-order valence-corrected chi connectivity index (χ1v) is 4.35. The summed E-state index contributed by atoms with van der Waals surface area (Å²) in [6.07, 6.45) is 3.52. The van der Waals surface area contributed by atoms with E-state index in [1.54, 1.807) is 18.2 Å². The average Bonchev–Trinajstić information content (AvgIpc) is 2.12. The van der Waals surface area contributed by atoms with Gasteiger partial charge in [0, 0.05) is 0 Å². The molecule has 0 radical (unpaired) electrons. The molecule has 1 aromatic carbocycles. The Hall–Kier alpha value is -0.830. The fraction of sp³-hybridized carbons (Fsp3) is 0.111. The van der Waals surface area contributed by atoms with Crippen molar-refractivity contribution >= 4 is 22.0 Å². The number of halogens is 2. The van der Waals surface area contributed by atoms with Crippen LogP contribution in [0.25, 0.3) is 6.08 Å². The summed E-state index contributed by atoms with van der Waals surface area (Å²) in [5.74, 6) is 0.349. The van der Waals surface area contributed by atoms with Crippen molar-refractivity contribution in [3.05, 3.63) is 34.1 Å². The molecule has 1 aromatic rings. The second kappa shape index (κ2) is 2.90. The molecule has 0 amide bonds. The van der Waals surface area contributed by atoms with E-state index in [1.165, 1.54) is 6.07 Å². The number of benzene rings is 1. The van der Waals surface area contributed by atoms with Crippen LogP contribution in [0, 0.1) is 5.82 Å². The lowest BCUT2D eigenvalue weighted by Crippen LogP contribution is -2.02. The van der Waals surface area contributed by atoms with Crippen molar-refractivity contribution in [1.29, 1.82) is 0 Å². The molecule has 0 aromatic heterocycles. The Kier molecular flexibility index (Phi) is 1.89. The van der Waals surface area contributed by atoms with Crippen LogP contribution in [0.1, 0.15) is 5.56 Å². The second-order valence-corrected chi connectivity index (χ2v) is 3.34. The van der Waals surface area contributed by atoms with Gasteiger partial charge in [0.25, 0.3) is 0 Å². The van der Waals surface area contributed by atoms with E-state index in [-0.39, 0.29) is 5.82 Å². The zero-order valence-corrected chi connectivity index (χ0v) is 7.77. The fourth-order valence-corrected chi connectivity index (χ4v) is 1.61. The SMILES string of the molecule is Fc1ccc(Br)c2c1C=CCO2. The maximum absolute atomic E-state index is 13.1. The van der Waals surface area contributed by atoms with Crippen LogP contribution in [0.5, 0.6) is 5.75 Å². The van der Waals surface area contributed by atoms with Gasteiger partial charge in [0.1, 0.15) is 18.2 Å². The Morgan fingerprint density at radius 3 is 3.00 bits per heavy atom. The second-order valence-electron chi connectivity index (χ2n) is 2.49. The first-order chi connectivity index (χ1) is 5.79. The van der Waals surface area contributed by atoms with Crippen molar-refractivity contribution in [1.82, 2.24) is 0 Å². The highest BCUT2D eigenvalue weighted by Crippen LogP contribution is 2.33. The molecule has 1 nitrogen and oxygen atoms in total. The number of hydrogen-bond donors (Lipinski definition) is 0. The Bertz CT molecular complexity index is 347. The minimum absolute atomic E-state index is 0.246. The Labute approximate surface area is 78.0 Å². The lowest BCUT2D eigenvalue weighted by molar-refractivity contribution is 0.353. The molecule has 0 N–H and O–H groups in total. The van der Waals surface area contributed by atoms with Gasteiger partial charge in [0.2, 0.25) is 0 Å². The van der Waals surface area contributed by atoms with E-state index in [4.69, 9.17) is 4.74 Å². The van der Waals surface area contributed by atoms with Crippen molar-refractivity contribution in [3.8, 4) is 5.75 Å². The van der Waals surface area contributed by atoms with Crippen LogP contribution in [0.4, 0.5) is 4.39 Å². The molecule has 1 heterocycles. The smallest absolute Gasteiger partial charge is 0.144 e. The quantitative estimate of drug-likeness (QED) is 0.664. The predicted molar refractivity (Wildman–Crippen MR) is 48.6 cm³/mol. The van der Waals surface area contributed by atoms with Crippen molar-refractivity contribution in [3.63, 3.8) is 0 Å². The van der Waals surface area contributed by atoms with Crippen LogP contribution >= 0.6 is 15.9 Å². The molecule has 0 bridgehead atoms. The zero-order valence-electron chi connectivity index (χ0n) is 6.18. The van der Waals surface area contributed by atoms with Gasteiger partial charge in [-0.25, -0.2) is 4.39 Å². The molecule has 2 rings (SSSR count). The van der Waals surface area contributed by atoms with E-state index >= 15 is 0 Å². The third-order valence-electron chi connectivity index (χ3n) is 1.70. The van der Waals surface area contributed by atoms with Crippen molar-refractivity contribution in [2.45, 2.75) is 0 Å². The molecule has 3 heteroatoms. The highest BCUT2D eigenvalue weighted by atomic mass is 79.9. The molecule has 12 heavy (non-hydrogen) atoms. The molecule has 0 atom stereocenters. The number of fused-ring (bicyclic) bond motifs is 1. The van der Waals surface area contributed by atoms with Gasteiger partial charge in [-0.3, -0.25) is 0 Å². The molecule has 0 aliphatic carbocycles. The number of hydrogen-bond acceptors (Lipinski definition) is 1. The third kappa shape index (κ3) is 1.14. The number of rotatable bonds is 0. The summed E-state index contributed by atoms with van der Waals surface area (Å²) >= 11 is 3.29. The molecular weight excluding hydrogens is 223 g/mol. The monoisotopic (exact) mass is 228 g/mol. The molecule has 62 valence electrons. The Morgan fingerprint density at radius 2 is 2.25 bits per heavy atom. The first kappa shape index (κ1) is 7.80. The van der Waals surface area contributed by atoms with Gasteiger partial charge >= 0.3 is 0 Å². The van der Waals surface area contributed by atoms with Gasteiger partial charge < -0.3 is 4.74 Å². The van der Waals surface area contributed by atoms with E-state index in [2.05, 4.69) is 15.9 Å². The van der Waals surface area contributed by atoms with Crippen LogP contribution in [-0.4, -0.2) is 6.61 Å². The van der Waals surface area contributed by atoms with Crippen molar-refractivity contribution < 1.29 is 9.13 Å². The maximum atomic E-state index is 13.1. The fourth-order valence-electron chi connectivity index (χ4n) is 1.15. The summed E-state index contributed by atoms with van der Waals surface area (Å²) in [5.41, 5.74) is 0.524. The predicted octanol–water partition coefficient (Wildman–Crippen LogP) is 2.99. The molecule has 1 aliphatic rings. The largest absolute Gasteiger partial charge is 0.488 e. The summed E-state index contributed by atoms with van der Waals surface area (Å²) < 4.78 is 19.2. The van der Waals surface area contributed by atoms with Gasteiger partial charge in [-0.15, -0.1) is 0 Å². The molecule has 0 spiro atoms. The molecular formula is C9H6BrFO. The van der Waals surface area contributed by atoms with Crippen LogP contribution < -0.4 is 4.74 Å². The summed E-state index contributed by atoms with van der Waals surface area (Å²) in [4.78, 5) is 0. The standard InChI is InChI=1S/C9H6BrFO/c10-7-3-4-8(11)6-2-1-5-12-9(6)7/h1-4H,5H2. The molecule has 0 saturated heterocycles. The lowest BCUT2D eigenvalue weighted by atomic mass is 10.1. The van der Waals surface area contributed by atoms with E-state index in [0.29, 0.717) is 17.9 Å². The van der Waals surface area contributed by atoms with Crippen molar-refractivity contribution in [2.24, 2.45) is 0 Å². The van der Waals surface area contributed by atoms with Crippen LogP contribution in [0.15, 0.2) is 22.7 Å². The average molecular weight is 229 g/mol. The summed E-state index contributed by atoms with van der Waals surface area (Å²) in [7, 11) is 0. The highest BCUT2D eigenvalue weighted by Gasteiger charge is 2.13. The molecule has 0 fully saturated rings. The van der Waals surface area contributed by atoms with Gasteiger partial charge in [0.05, 0.1) is 10.0 Å². The van der Waals surface area contributed by atoms with Crippen molar-refractivity contribution in [2.75, 3.05) is 6.61 Å². The molecule has 1 aliphatic heterocycles. The minimum Gasteiger partial charge on any atom is -0.488 e. The first-order valence-electron chi connectivity index (χ1n) is 3.56. The van der Waals surface area contributed by atoms with Crippen LogP contribution in [0.3, 0.4) is 0 Å². The summed E-state index contributed by atoms with van der Waals surface area (Å²) in [5, 5.41) is 0. The van der Waals surface area contributed by atoms with E-state index in [0.717, 1.165) is 4.47 Å². The topological polar surface area (TPSA) is 9.23 Å². The minimum atomic E-state index is -0.246. The summed E-state index contributed by atoms with van der Waals surface area (Å²) in [6, 6.07) is 3.06. The summed E-state index contributed by atoms with van der Waals surface area (Å²) in [6.45, 7) is 0.509. The van der Waals surface area contributed by atoms with Gasteiger partial charge in [0.15, 0.2) is 0 Å². The van der Waals surface area contributed by atoms with Crippen LogP contribution in [-0.2, 0) is 0 Å². The van der Waals surface area contributed by atoms with Gasteiger partial charge in [-0.05, 0) is 40.2 Å². The zero-order chi connectivity index (χ0) is 8.55. The lowest BCUT2D eigenvalue weighted by Gasteiger charge is -2.13. The van der Waals surface area contributed by atoms with E-state index in [1.807, 2.05) is 0 Å². The molecule has 0 unspecified atom stereocenters. The maximum Gasteiger partial charge on any atom is 0.144 e. The van der Waals surface area contributed by atoms with Gasteiger partial charge in [-0.1, -0.05) is 0 Å².